The highest BCUT2D eigenvalue weighted by Crippen LogP contribution is 2.36. The molecule has 0 radical (unpaired) electrons. The third kappa shape index (κ3) is 3.64. The molecule has 0 aromatic heterocycles. The number of methoxy groups -OCH3 is 1. The molecule has 1 saturated carbocycles. The van der Waals surface area contributed by atoms with E-state index in [0.29, 0.717) is 12.3 Å². The Morgan fingerprint density at radius 3 is 2.71 bits per heavy atom. The van der Waals surface area contributed by atoms with E-state index < -0.39 is 0 Å². The van der Waals surface area contributed by atoms with Crippen LogP contribution in [0.4, 0.5) is 0 Å². The van der Waals surface area contributed by atoms with Crippen molar-refractivity contribution in [3.63, 3.8) is 0 Å². The van der Waals surface area contributed by atoms with Crippen molar-refractivity contribution in [3.8, 4) is 11.5 Å². The maximum absolute atomic E-state index is 12.6. The highest BCUT2D eigenvalue weighted by atomic mass is 32.2. The first kappa shape index (κ1) is 17.4. The molecule has 24 heavy (non-hydrogen) atoms. The van der Waals surface area contributed by atoms with Gasteiger partial charge >= 0.3 is 0 Å². The second-order valence-electron chi connectivity index (χ2n) is 6.60. The van der Waals surface area contributed by atoms with E-state index in [9.17, 15) is 9.90 Å². The third-order valence-electron chi connectivity index (χ3n) is 5.24. The number of hydrogen-bond acceptors (Lipinski definition) is 5. The summed E-state index contributed by atoms with van der Waals surface area (Å²) in [5, 5.41) is 13.0. The van der Waals surface area contributed by atoms with Gasteiger partial charge in [0.2, 0.25) is 0 Å². The summed E-state index contributed by atoms with van der Waals surface area (Å²) >= 11 is 2.01. The van der Waals surface area contributed by atoms with Crippen molar-refractivity contribution in [2.24, 2.45) is 0 Å². The first-order chi connectivity index (χ1) is 11.6. The lowest BCUT2D eigenvalue weighted by molar-refractivity contribution is 0.0815. The fourth-order valence-corrected chi connectivity index (χ4v) is 4.74. The summed E-state index contributed by atoms with van der Waals surface area (Å²) in [4.78, 5) is 15.1. The number of hydrogen-bond donors (Lipinski definition) is 2. The van der Waals surface area contributed by atoms with E-state index in [1.165, 1.54) is 30.4 Å². The zero-order chi connectivity index (χ0) is 17.0. The van der Waals surface area contributed by atoms with Crippen LogP contribution in [0.5, 0.6) is 11.5 Å². The summed E-state index contributed by atoms with van der Waals surface area (Å²) in [6.45, 7) is 2.85. The van der Waals surface area contributed by atoms with Crippen molar-refractivity contribution in [3.05, 3.63) is 23.8 Å². The molecule has 3 rings (SSSR count). The number of benzene rings is 1. The molecule has 2 N–H and O–H groups in total. The second kappa shape index (κ2) is 7.66. The summed E-state index contributed by atoms with van der Waals surface area (Å²) < 4.78 is 5.15. The van der Waals surface area contributed by atoms with E-state index in [4.69, 9.17) is 4.74 Å². The minimum atomic E-state index is -0.232. The lowest BCUT2D eigenvalue weighted by Crippen LogP contribution is -2.56. The maximum Gasteiger partial charge on any atom is 0.255 e. The summed E-state index contributed by atoms with van der Waals surface area (Å²) in [7, 11) is 1.55. The van der Waals surface area contributed by atoms with Crippen molar-refractivity contribution < 1.29 is 14.6 Å². The number of aromatic hydroxyl groups is 1. The van der Waals surface area contributed by atoms with Crippen LogP contribution in [0.2, 0.25) is 0 Å². The number of thioether (sulfide) groups is 1. The molecular weight excluding hydrogens is 324 g/mol. The van der Waals surface area contributed by atoms with Gasteiger partial charge < -0.3 is 15.2 Å². The molecule has 0 unspecified atom stereocenters. The predicted molar refractivity (Wildman–Crippen MR) is 97.1 cm³/mol. The molecule has 1 aromatic rings. The Hall–Kier alpha value is -1.40. The van der Waals surface area contributed by atoms with Crippen molar-refractivity contribution in [1.82, 2.24) is 10.2 Å². The van der Waals surface area contributed by atoms with Crippen LogP contribution >= 0.6 is 11.8 Å². The van der Waals surface area contributed by atoms with Gasteiger partial charge in [0.25, 0.3) is 5.91 Å². The van der Waals surface area contributed by atoms with Crippen LogP contribution < -0.4 is 10.1 Å². The van der Waals surface area contributed by atoms with Crippen LogP contribution in [-0.4, -0.2) is 59.7 Å². The zero-order valence-corrected chi connectivity index (χ0v) is 15.0. The third-order valence-corrected chi connectivity index (χ3v) is 6.19. The zero-order valence-electron chi connectivity index (χ0n) is 14.2. The molecule has 1 amide bonds. The average Bonchev–Trinajstić information content (AvgIpc) is 3.11. The molecule has 1 aliphatic heterocycles. The molecule has 5 nitrogen and oxygen atoms in total. The fourth-order valence-electron chi connectivity index (χ4n) is 3.84. The number of nitrogens with zero attached hydrogens (tertiary/aromatic N) is 1. The van der Waals surface area contributed by atoms with Gasteiger partial charge in [0, 0.05) is 36.7 Å². The Balaban J connectivity index is 1.69. The van der Waals surface area contributed by atoms with Crippen LogP contribution in [0.3, 0.4) is 0 Å². The summed E-state index contributed by atoms with van der Waals surface area (Å²) in [5.74, 6) is 2.67. The van der Waals surface area contributed by atoms with Crippen molar-refractivity contribution in [2.75, 3.05) is 38.2 Å². The Bertz CT molecular complexity index is 582. The average molecular weight is 350 g/mol. The van der Waals surface area contributed by atoms with Gasteiger partial charge in [0.05, 0.1) is 12.7 Å². The number of carbonyl (C=O) groups excluding carboxylic acids is 1. The van der Waals surface area contributed by atoms with Crippen molar-refractivity contribution >= 4 is 17.7 Å². The Morgan fingerprint density at radius 2 is 2.04 bits per heavy atom. The monoisotopic (exact) mass is 350 g/mol. The van der Waals surface area contributed by atoms with E-state index in [0.717, 1.165) is 25.9 Å². The molecule has 0 atom stereocenters. The van der Waals surface area contributed by atoms with Gasteiger partial charge in [-0.05, 0) is 31.0 Å². The van der Waals surface area contributed by atoms with Crippen LogP contribution in [0, 0.1) is 0 Å². The van der Waals surface area contributed by atoms with Gasteiger partial charge in [-0.25, -0.2) is 0 Å². The normalized spacial score (nSPS) is 20.7. The molecule has 6 heteroatoms. The second-order valence-corrected chi connectivity index (χ2v) is 7.82. The number of rotatable bonds is 5. The summed E-state index contributed by atoms with van der Waals surface area (Å²) in [6, 6.07) is 4.74. The highest BCUT2D eigenvalue weighted by Gasteiger charge is 2.40. The van der Waals surface area contributed by atoms with Crippen LogP contribution in [0.15, 0.2) is 18.2 Å². The molecule has 132 valence electrons. The first-order valence-electron chi connectivity index (χ1n) is 8.63. The van der Waals surface area contributed by atoms with E-state index in [-0.39, 0.29) is 22.8 Å². The molecule has 2 fully saturated rings. The Morgan fingerprint density at radius 1 is 1.33 bits per heavy atom. The fraction of sp³-hybridized carbons (Fsp3) is 0.611. The van der Waals surface area contributed by atoms with Crippen LogP contribution in [0.25, 0.3) is 0 Å². The molecule has 0 bridgehead atoms. The quantitative estimate of drug-likeness (QED) is 0.854. The minimum absolute atomic E-state index is 0.0110. The number of ether oxygens (including phenoxy) is 1. The van der Waals surface area contributed by atoms with Gasteiger partial charge in [-0.3, -0.25) is 9.69 Å². The Kier molecular flexibility index (Phi) is 5.56. The van der Waals surface area contributed by atoms with Gasteiger partial charge in [0.15, 0.2) is 0 Å². The van der Waals surface area contributed by atoms with Gasteiger partial charge in [0.1, 0.15) is 11.5 Å². The number of carbonyl (C=O) groups is 1. The van der Waals surface area contributed by atoms with Gasteiger partial charge in [-0.2, -0.15) is 11.8 Å². The lowest BCUT2D eigenvalue weighted by Gasteiger charge is -2.43. The standard InChI is InChI=1S/C18H26N2O3S/c1-23-14-4-5-16(21)15(12-14)17(22)19-13-18(6-2-3-7-18)20-8-10-24-11-9-20/h4-5,12,21H,2-3,6-11,13H2,1H3,(H,19,22). The number of phenolic OH excluding ortho intramolecular Hbond substituents is 1. The van der Waals surface area contributed by atoms with E-state index in [1.807, 2.05) is 11.8 Å². The SMILES string of the molecule is COc1ccc(O)c(C(=O)NCC2(N3CCSCC3)CCCC2)c1. The smallest absolute Gasteiger partial charge is 0.255 e. The molecule has 1 aromatic carbocycles. The van der Waals surface area contributed by atoms with Crippen LogP contribution in [-0.2, 0) is 0 Å². The lowest BCUT2D eigenvalue weighted by atomic mass is 9.94. The molecule has 1 saturated heterocycles. The molecule has 0 spiro atoms. The first-order valence-corrected chi connectivity index (χ1v) is 9.78. The topological polar surface area (TPSA) is 61.8 Å². The van der Waals surface area contributed by atoms with Gasteiger partial charge in [-0.15, -0.1) is 0 Å². The number of phenols is 1. The molecule has 1 heterocycles. The largest absolute Gasteiger partial charge is 0.507 e. The summed E-state index contributed by atoms with van der Waals surface area (Å²) in [5.41, 5.74) is 0.363. The summed E-state index contributed by atoms with van der Waals surface area (Å²) in [6.07, 6.45) is 4.73. The van der Waals surface area contributed by atoms with Crippen LogP contribution in [0.1, 0.15) is 36.0 Å². The number of amides is 1. The molecule has 2 aliphatic rings. The minimum Gasteiger partial charge on any atom is -0.507 e. The molecular formula is C18H26N2O3S. The van der Waals surface area contributed by atoms with E-state index in [1.54, 1.807) is 19.2 Å². The highest BCUT2D eigenvalue weighted by molar-refractivity contribution is 7.99. The Labute approximate surface area is 147 Å². The van der Waals surface area contributed by atoms with E-state index in [2.05, 4.69) is 10.2 Å². The maximum atomic E-state index is 12.6. The molecule has 1 aliphatic carbocycles. The predicted octanol–water partition coefficient (Wildman–Crippen LogP) is 2.49. The van der Waals surface area contributed by atoms with E-state index >= 15 is 0 Å². The van der Waals surface area contributed by atoms with Gasteiger partial charge in [-0.1, -0.05) is 12.8 Å². The van der Waals surface area contributed by atoms with Crippen molar-refractivity contribution in [2.45, 2.75) is 31.2 Å². The van der Waals surface area contributed by atoms with Crippen molar-refractivity contribution in [1.29, 1.82) is 0 Å². The number of nitrogens with one attached hydrogen (secondary N) is 1.